The van der Waals surface area contributed by atoms with Gasteiger partial charge in [0.2, 0.25) is 5.88 Å². The van der Waals surface area contributed by atoms with Crippen molar-refractivity contribution in [3.05, 3.63) is 23.4 Å². The molecule has 0 radical (unpaired) electrons. The molecule has 4 nitrogen and oxygen atoms in total. The van der Waals surface area contributed by atoms with Gasteiger partial charge in [0.15, 0.2) is 0 Å². The fourth-order valence-electron chi connectivity index (χ4n) is 4.07. The van der Waals surface area contributed by atoms with Gasteiger partial charge in [-0.1, -0.05) is 19.4 Å². The number of hydrogen-bond donors (Lipinski definition) is 0. The summed E-state index contributed by atoms with van der Waals surface area (Å²) in [5, 5.41) is 0. The van der Waals surface area contributed by atoms with Gasteiger partial charge in [0.05, 0.1) is 5.69 Å². The number of likely N-dealkylation sites (tertiary alicyclic amines) is 1. The molecule has 126 valence electrons. The van der Waals surface area contributed by atoms with E-state index in [2.05, 4.69) is 28.9 Å². The van der Waals surface area contributed by atoms with Crippen molar-refractivity contribution >= 4 is 0 Å². The summed E-state index contributed by atoms with van der Waals surface area (Å²) in [4.78, 5) is 9.94. The number of hydrogen-bond acceptors (Lipinski definition) is 4. The normalized spacial score (nSPS) is 24.2. The zero-order chi connectivity index (χ0) is 15.6. The molecule has 3 heterocycles. The first kappa shape index (κ1) is 15.4. The maximum Gasteiger partial charge on any atom is 0.213 e. The van der Waals surface area contributed by atoms with E-state index in [0.717, 1.165) is 50.8 Å². The minimum absolute atomic E-state index is 0.354. The number of pyridine rings is 1. The number of fused-ring (bicyclic) bond motifs is 1. The number of nitrogens with zero attached hydrogens (tertiary/aromatic N) is 3. The third-order valence-corrected chi connectivity index (χ3v) is 5.90. The van der Waals surface area contributed by atoms with E-state index in [9.17, 15) is 0 Å². The molecule has 0 spiro atoms. The first-order valence-electron chi connectivity index (χ1n) is 9.43. The number of ether oxygens (including phenoxy) is 1. The Hall–Kier alpha value is -1.13. The molecule has 0 atom stereocenters. The van der Waals surface area contributed by atoms with Crippen LogP contribution in [0.15, 0.2) is 12.1 Å². The van der Waals surface area contributed by atoms with Gasteiger partial charge >= 0.3 is 0 Å². The van der Waals surface area contributed by atoms with Crippen LogP contribution in [0.3, 0.4) is 0 Å². The van der Waals surface area contributed by atoms with E-state index in [1.165, 1.54) is 43.6 Å². The van der Waals surface area contributed by atoms with Crippen molar-refractivity contribution in [2.75, 3.05) is 26.2 Å². The SMILES string of the molecule is CCN1CCc2nc(OC3CCN(C4CCC4)CC3)ccc2C1. The molecule has 23 heavy (non-hydrogen) atoms. The number of likely N-dealkylation sites (N-methyl/N-ethyl adjacent to an activating group) is 1. The van der Waals surface area contributed by atoms with Crippen molar-refractivity contribution in [3.63, 3.8) is 0 Å². The van der Waals surface area contributed by atoms with Gasteiger partial charge in [-0.15, -0.1) is 0 Å². The maximum atomic E-state index is 6.20. The van der Waals surface area contributed by atoms with E-state index in [1.54, 1.807) is 0 Å². The molecular formula is C19H29N3O. The summed E-state index contributed by atoms with van der Waals surface area (Å²) in [5.41, 5.74) is 2.63. The molecule has 1 aliphatic carbocycles. The molecule has 4 rings (SSSR count). The fourth-order valence-corrected chi connectivity index (χ4v) is 4.07. The van der Waals surface area contributed by atoms with Crippen LogP contribution in [0.1, 0.15) is 50.3 Å². The topological polar surface area (TPSA) is 28.6 Å². The van der Waals surface area contributed by atoms with Gasteiger partial charge in [-0.05, 0) is 37.8 Å². The average molecular weight is 315 g/mol. The largest absolute Gasteiger partial charge is 0.474 e. The molecule has 0 aromatic carbocycles. The summed E-state index contributed by atoms with van der Waals surface area (Å²) in [7, 11) is 0. The van der Waals surface area contributed by atoms with Crippen LogP contribution < -0.4 is 4.74 Å². The molecule has 3 aliphatic rings. The van der Waals surface area contributed by atoms with Crippen molar-refractivity contribution < 1.29 is 4.74 Å². The van der Waals surface area contributed by atoms with Crippen molar-refractivity contribution in [1.29, 1.82) is 0 Å². The molecular weight excluding hydrogens is 286 g/mol. The van der Waals surface area contributed by atoms with Crippen molar-refractivity contribution in [3.8, 4) is 5.88 Å². The summed E-state index contributed by atoms with van der Waals surface area (Å²) < 4.78 is 6.20. The second-order valence-corrected chi connectivity index (χ2v) is 7.31. The van der Waals surface area contributed by atoms with Crippen LogP contribution >= 0.6 is 0 Å². The highest BCUT2D eigenvalue weighted by atomic mass is 16.5. The van der Waals surface area contributed by atoms with Crippen LogP contribution in [0.25, 0.3) is 0 Å². The van der Waals surface area contributed by atoms with Crippen LogP contribution in [-0.4, -0.2) is 53.1 Å². The number of rotatable bonds is 4. The first-order chi connectivity index (χ1) is 11.3. The lowest BCUT2D eigenvalue weighted by Gasteiger charge is -2.41. The van der Waals surface area contributed by atoms with E-state index in [1.807, 2.05) is 0 Å². The van der Waals surface area contributed by atoms with Gasteiger partial charge in [0.25, 0.3) is 0 Å². The third kappa shape index (κ3) is 3.38. The second-order valence-electron chi connectivity index (χ2n) is 7.31. The van der Waals surface area contributed by atoms with Crippen molar-refractivity contribution in [2.45, 2.75) is 64.1 Å². The monoisotopic (exact) mass is 315 g/mol. The van der Waals surface area contributed by atoms with Crippen LogP contribution in [0.4, 0.5) is 0 Å². The Kier molecular flexibility index (Phi) is 4.54. The third-order valence-electron chi connectivity index (χ3n) is 5.90. The van der Waals surface area contributed by atoms with Gasteiger partial charge in [-0.25, -0.2) is 4.98 Å². The molecule has 0 unspecified atom stereocenters. The quantitative estimate of drug-likeness (QED) is 0.854. The van der Waals surface area contributed by atoms with Crippen molar-refractivity contribution in [2.24, 2.45) is 0 Å². The van der Waals surface area contributed by atoms with Gasteiger partial charge in [0.1, 0.15) is 6.10 Å². The Labute approximate surface area is 139 Å². The van der Waals surface area contributed by atoms with Gasteiger partial charge in [0, 0.05) is 44.7 Å². The van der Waals surface area contributed by atoms with E-state index < -0.39 is 0 Å². The molecule has 1 saturated carbocycles. The fraction of sp³-hybridized carbons (Fsp3) is 0.737. The van der Waals surface area contributed by atoms with Crippen molar-refractivity contribution in [1.82, 2.24) is 14.8 Å². The number of aromatic nitrogens is 1. The number of piperidine rings is 1. The summed E-state index contributed by atoms with van der Waals surface area (Å²) >= 11 is 0. The van der Waals surface area contributed by atoms with Gasteiger partial charge < -0.3 is 9.64 Å². The first-order valence-corrected chi connectivity index (χ1v) is 9.43. The van der Waals surface area contributed by atoms with E-state index in [4.69, 9.17) is 9.72 Å². The molecule has 1 aromatic heterocycles. The Morgan fingerprint density at radius 3 is 2.65 bits per heavy atom. The Bertz CT molecular complexity index is 535. The predicted molar refractivity (Wildman–Crippen MR) is 91.8 cm³/mol. The second kappa shape index (κ2) is 6.78. The van der Waals surface area contributed by atoms with E-state index in [0.29, 0.717) is 6.10 Å². The summed E-state index contributed by atoms with van der Waals surface area (Å²) in [6.45, 7) is 7.92. The molecule has 2 fully saturated rings. The standard InChI is InChI=1S/C19H29N3O/c1-2-21-11-10-18-15(14-21)6-7-19(20-18)23-17-8-12-22(13-9-17)16-4-3-5-16/h6-7,16-17H,2-5,8-14H2,1H3. The summed E-state index contributed by atoms with van der Waals surface area (Å²) in [6, 6.07) is 5.18. The lowest BCUT2D eigenvalue weighted by atomic mass is 9.90. The molecule has 0 N–H and O–H groups in total. The average Bonchev–Trinajstić information content (AvgIpc) is 2.54. The lowest BCUT2D eigenvalue weighted by Crippen LogP contribution is -2.46. The molecule has 1 aromatic rings. The minimum Gasteiger partial charge on any atom is -0.474 e. The minimum atomic E-state index is 0.354. The van der Waals surface area contributed by atoms with E-state index in [-0.39, 0.29) is 0 Å². The Morgan fingerprint density at radius 1 is 1.13 bits per heavy atom. The Morgan fingerprint density at radius 2 is 1.96 bits per heavy atom. The highest BCUT2D eigenvalue weighted by Crippen LogP contribution is 2.28. The Balaban J connectivity index is 1.33. The molecule has 1 saturated heterocycles. The predicted octanol–water partition coefficient (Wildman–Crippen LogP) is 2.86. The van der Waals surface area contributed by atoms with Crippen LogP contribution in [0.5, 0.6) is 5.88 Å². The maximum absolute atomic E-state index is 6.20. The van der Waals surface area contributed by atoms with E-state index >= 15 is 0 Å². The van der Waals surface area contributed by atoms with Crippen LogP contribution in [0, 0.1) is 0 Å². The summed E-state index contributed by atoms with van der Waals surface area (Å²) in [6.07, 6.45) is 7.96. The zero-order valence-corrected chi connectivity index (χ0v) is 14.3. The molecule has 2 aliphatic heterocycles. The molecule has 0 amide bonds. The zero-order valence-electron chi connectivity index (χ0n) is 14.3. The smallest absolute Gasteiger partial charge is 0.213 e. The lowest BCUT2D eigenvalue weighted by molar-refractivity contribution is 0.0473. The van der Waals surface area contributed by atoms with Crippen LogP contribution in [0.2, 0.25) is 0 Å². The highest BCUT2D eigenvalue weighted by molar-refractivity contribution is 5.28. The molecule has 0 bridgehead atoms. The molecule has 4 heteroatoms. The highest BCUT2D eigenvalue weighted by Gasteiger charge is 2.29. The van der Waals surface area contributed by atoms with Gasteiger partial charge in [-0.2, -0.15) is 0 Å². The summed E-state index contributed by atoms with van der Waals surface area (Å²) in [5.74, 6) is 0.843. The van der Waals surface area contributed by atoms with Crippen LogP contribution in [-0.2, 0) is 13.0 Å². The van der Waals surface area contributed by atoms with Gasteiger partial charge in [-0.3, -0.25) is 4.90 Å².